The number of fused-ring (bicyclic) bond motifs is 3. The van der Waals surface area contributed by atoms with Gasteiger partial charge in [0.15, 0.2) is 11.5 Å². The summed E-state index contributed by atoms with van der Waals surface area (Å²) in [4.78, 5) is 8.95. The third-order valence-electron chi connectivity index (χ3n) is 3.24. The van der Waals surface area contributed by atoms with E-state index in [4.69, 9.17) is 5.73 Å². The van der Waals surface area contributed by atoms with E-state index >= 15 is 0 Å². The predicted molar refractivity (Wildman–Crippen MR) is 78.1 cm³/mol. The lowest BCUT2D eigenvalue weighted by Gasteiger charge is -2.00. The van der Waals surface area contributed by atoms with E-state index in [1.807, 2.05) is 54.6 Å². The van der Waals surface area contributed by atoms with Crippen molar-refractivity contribution in [3.05, 3.63) is 54.6 Å². The Kier molecular flexibility index (Phi) is 2.20. The number of nitrogen functional groups attached to an aromatic ring is 1. The van der Waals surface area contributed by atoms with Crippen LogP contribution in [0.25, 0.3) is 27.9 Å². The van der Waals surface area contributed by atoms with Crippen molar-refractivity contribution in [1.29, 1.82) is 0 Å². The summed E-state index contributed by atoms with van der Waals surface area (Å²) in [6, 6.07) is 17.6. The van der Waals surface area contributed by atoms with Crippen LogP contribution in [0.1, 0.15) is 0 Å². The van der Waals surface area contributed by atoms with Gasteiger partial charge in [0.1, 0.15) is 0 Å². The molecule has 0 aliphatic carbocycles. The van der Waals surface area contributed by atoms with Crippen LogP contribution in [0, 0.1) is 0 Å². The Morgan fingerprint density at radius 1 is 0.850 bits per heavy atom. The monoisotopic (exact) mass is 261 g/mol. The number of hydrogen-bond donors (Lipinski definition) is 1. The van der Waals surface area contributed by atoms with E-state index in [9.17, 15) is 0 Å². The lowest BCUT2D eigenvalue weighted by Crippen LogP contribution is -2.02. The molecular weight excluding hydrogens is 250 g/mol. The molecule has 0 unspecified atom stereocenters. The summed E-state index contributed by atoms with van der Waals surface area (Å²) >= 11 is 0. The molecule has 0 spiro atoms. The van der Waals surface area contributed by atoms with Gasteiger partial charge in [0.25, 0.3) is 0 Å². The molecular formula is C15H11N5. The first-order valence-electron chi connectivity index (χ1n) is 6.29. The fraction of sp³-hybridized carbons (Fsp3) is 0. The summed E-state index contributed by atoms with van der Waals surface area (Å²) in [5, 5.41) is 5.39. The Hall–Kier alpha value is -2.95. The van der Waals surface area contributed by atoms with Crippen LogP contribution in [0.2, 0.25) is 0 Å². The van der Waals surface area contributed by atoms with Gasteiger partial charge in [-0.3, -0.25) is 0 Å². The molecule has 0 aliphatic heterocycles. The lowest BCUT2D eigenvalue weighted by atomic mass is 10.2. The van der Waals surface area contributed by atoms with E-state index in [1.54, 1.807) is 4.52 Å². The maximum atomic E-state index is 5.96. The van der Waals surface area contributed by atoms with Crippen molar-refractivity contribution in [3.8, 4) is 11.4 Å². The predicted octanol–water partition coefficient (Wildman–Crippen LogP) is 2.53. The molecule has 0 bridgehead atoms. The standard InChI is InChI=1S/C15H11N5/c16-15-17-12-9-5-4-8-11(12)14-18-13(19-20(14)15)10-6-2-1-3-7-10/h1-9H,(H2,16,17). The zero-order chi connectivity index (χ0) is 13.5. The molecule has 2 heterocycles. The van der Waals surface area contributed by atoms with Crippen molar-refractivity contribution >= 4 is 22.5 Å². The maximum absolute atomic E-state index is 5.96. The second-order valence-corrected chi connectivity index (χ2v) is 4.52. The summed E-state index contributed by atoms with van der Waals surface area (Å²) in [5.74, 6) is 0.990. The summed E-state index contributed by atoms with van der Waals surface area (Å²) < 4.78 is 1.59. The number of nitrogens with zero attached hydrogens (tertiary/aromatic N) is 4. The Balaban J connectivity index is 2.08. The molecule has 2 aromatic carbocycles. The first kappa shape index (κ1) is 10.9. The van der Waals surface area contributed by atoms with Gasteiger partial charge in [-0.1, -0.05) is 42.5 Å². The number of anilines is 1. The van der Waals surface area contributed by atoms with Crippen molar-refractivity contribution in [2.75, 3.05) is 5.73 Å². The molecule has 0 saturated carbocycles. The molecule has 4 aromatic rings. The van der Waals surface area contributed by atoms with Crippen LogP contribution >= 0.6 is 0 Å². The van der Waals surface area contributed by atoms with Gasteiger partial charge in [0.2, 0.25) is 5.95 Å². The zero-order valence-corrected chi connectivity index (χ0v) is 10.6. The Labute approximate surface area is 114 Å². The van der Waals surface area contributed by atoms with Crippen molar-refractivity contribution in [2.45, 2.75) is 0 Å². The van der Waals surface area contributed by atoms with E-state index < -0.39 is 0 Å². The summed E-state index contributed by atoms with van der Waals surface area (Å²) in [6.45, 7) is 0. The second-order valence-electron chi connectivity index (χ2n) is 4.52. The number of benzene rings is 2. The van der Waals surface area contributed by atoms with E-state index in [2.05, 4.69) is 15.1 Å². The highest BCUT2D eigenvalue weighted by Gasteiger charge is 2.12. The number of nitrogens with two attached hydrogens (primary N) is 1. The van der Waals surface area contributed by atoms with Gasteiger partial charge in [-0.25, -0.2) is 9.97 Å². The molecule has 2 N–H and O–H groups in total. The normalized spacial score (nSPS) is 11.2. The second kappa shape index (κ2) is 4.03. The van der Waals surface area contributed by atoms with Gasteiger partial charge in [-0.05, 0) is 12.1 Å². The maximum Gasteiger partial charge on any atom is 0.223 e. The topological polar surface area (TPSA) is 69.1 Å². The third kappa shape index (κ3) is 1.53. The quantitative estimate of drug-likeness (QED) is 0.571. The average Bonchev–Trinajstić information content (AvgIpc) is 2.94. The SMILES string of the molecule is Nc1nc2ccccc2c2nc(-c3ccccc3)nn12. The molecule has 20 heavy (non-hydrogen) atoms. The fourth-order valence-corrected chi connectivity index (χ4v) is 2.29. The zero-order valence-electron chi connectivity index (χ0n) is 10.6. The van der Waals surface area contributed by atoms with Crippen LogP contribution in [0.5, 0.6) is 0 Å². The highest BCUT2D eigenvalue weighted by atomic mass is 15.3. The highest BCUT2D eigenvalue weighted by molar-refractivity contribution is 5.92. The number of hydrogen-bond acceptors (Lipinski definition) is 4. The van der Waals surface area contributed by atoms with Crippen LogP contribution in [0.4, 0.5) is 5.95 Å². The van der Waals surface area contributed by atoms with Crippen LogP contribution < -0.4 is 5.73 Å². The Morgan fingerprint density at radius 3 is 2.45 bits per heavy atom. The molecule has 4 rings (SSSR count). The van der Waals surface area contributed by atoms with Crippen LogP contribution in [-0.4, -0.2) is 19.6 Å². The minimum absolute atomic E-state index is 0.341. The largest absolute Gasteiger partial charge is 0.368 e. The third-order valence-corrected chi connectivity index (χ3v) is 3.24. The minimum atomic E-state index is 0.341. The summed E-state index contributed by atoms with van der Waals surface area (Å²) in [5.41, 5.74) is 8.47. The number of para-hydroxylation sites is 1. The fourth-order valence-electron chi connectivity index (χ4n) is 2.29. The van der Waals surface area contributed by atoms with Crippen molar-refractivity contribution < 1.29 is 0 Å². The molecule has 96 valence electrons. The number of aromatic nitrogens is 4. The van der Waals surface area contributed by atoms with Crippen LogP contribution in [-0.2, 0) is 0 Å². The van der Waals surface area contributed by atoms with Gasteiger partial charge in [0.05, 0.1) is 5.52 Å². The summed E-state index contributed by atoms with van der Waals surface area (Å²) in [7, 11) is 0. The van der Waals surface area contributed by atoms with Gasteiger partial charge >= 0.3 is 0 Å². The van der Waals surface area contributed by atoms with Crippen molar-refractivity contribution in [3.63, 3.8) is 0 Å². The van der Waals surface area contributed by atoms with Gasteiger partial charge in [-0.2, -0.15) is 4.52 Å². The molecule has 0 amide bonds. The Bertz CT molecular complexity index is 912. The molecule has 0 atom stereocenters. The van der Waals surface area contributed by atoms with E-state index in [0.29, 0.717) is 11.8 Å². The molecule has 0 radical (unpaired) electrons. The number of rotatable bonds is 1. The molecule has 0 saturated heterocycles. The van der Waals surface area contributed by atoms with Gasteiger partial charge < -0.3 is 5.73 Å². The Morgan fingerprint density at radius 2 is 1.60 bits per heavy atom. The van der Waals surface area contributed by atoms with Crippen molar-refractivity contribution in [2.24, 2.45) is 0 Å². The lowest BCUT2D eigenvalue weighted by molar-refractivity contribution is 0.955. The van der Waals surface area contributed by atoms with E-state index in [0.717, 1.165) is 22.1 Å². The van der Waals surface area contributed by atoms with Crippen molar-refractivity contribution in [1.82, 2.24) is 19.6 Å². The van der Waals surface area contributed by atoms with Crippen LogP contribution in [0.15, 0.2) is 54.6 Å². The molecule has 0 fully saturated rings. The van der Waals surface area contributed by atoms with E-state index in [-0.39, 0.29) is 0 Å². The van der Waals surface area contributed by atoms with Gasteiger partial charge in [-0.15, -0.1) is 5.10 Å². The minimum Gasteiger partial charge on any atom is -0.368 e. The average molecular weight is 261 g/mol. The summed E-state index contributed by atoms with van der Waals surface area (Å²) in [6.07, 6.45) is 0. The molecule has 0 aliphatic rings. The first-order chi connectivity index (χ1) is 9.83. The van der Waals surface area contributed by atoms with Gasteiger partial charge in [0, 0.05) is 10.9 Å². The van der Waals surface area contributed by atoms with Crippen LogP contribution in [0.3, 0.4) is 0 Å². The highest BCUT2D eigenvalue weighted by Crippen LogP contribution is 2.22. The van der Waals surface area contributed by atoms with E-state index in [1.165, 1.54) is 0 Å². The molecule has 5 heteroatoms. The molecule has 5 nitrogen and oxygen atoms in total. The first-order valence-corrected chi connectivity index (χ1v) is 6.29. The molecule has 2 aromatic heterocycles. The smallest absolute Gasteiger partial charge is 0.223 e.